The molecule has 0 bridgehead atoms. The molecule has 1 aromatic rings. The zero-order valence-electron chi connectivity index (χ0n) is 9.52. The lowest BCUT2D eigenvalue weighted by molar-refractivity contribution is -0.141. The minimum Gasteiger partial charge on any atom is -0.368 e. The first-order valence-electron chi connectivity index (χ1n) is 5.48. The van der Waals surface area contributed by atoms with Gasteiger partial charge in [0.25, 0.3) is 0 Å². The van der Waals surface area contributed by atoms with Gasteiger partial charge in [-0.2, -0.15) is 13.2 Å². The lowest BCUT2D eigenvalue weighted by Crippen LogP contribution is -2.45. The van der Waals surface area contributed by atoms with Crippen LogP contribution in [-0.4, -0.2) is 42.5 Å². The Balaban J connectivity index is 2.12. The zero-order valence-corrected chi connectivity index (χ0v) is 9.52. The van der Waals surface area contributed by atoms with Crippen LogP contribution in [0.4, 0.5) is 18.9 Å². The van der Waals surface area contributed by atoms with Gasteiger partial charge in [-0.25, -0.2) is 0 Å². The number of anilines is 1. The van der Waals surface area contributed by atoms with Gasteiger partial charge in [0.1, 0.15) is 5.69 Å². The van der Waals surface area contributed by atoms with Crippen molar-refractivity contribution < 1.29 is 18.0 Å². The third kappa shape index (κ3) is 2.72. The van der Waals surface area contributed by atoms with Crippen molar-refractivity contribution in [3.63, 3.8) is 0 Å². The van der Waals surface area contributed by atoms with E-state index in [1.54, 1.807) is 11.0 Å². The lowest BCUT2D eigenvalue weighted by atomic mass is 10.2. The molecule has 1 saturated heterocycles. The second-order valence-corrected chi connectivity index (χ2v) is 4.03. The second-order valence-electron chi connectivity index (χ2n) is 4.03. The number of hydrogen-bond donors (Lipinski definition) is 0. The smallest absolute Gasteiger partial charge is 0.368 e. The van der Waals surface area contributed by atoms with Gasteiger partial charge in [0, 0.05) is 38.1 Å². The number of rotatable bonds is 2. The summed E-state index contributed by atoms with van der Waals surface area (Å²) in [6.45, 7) is 2.10. The molecule has 0 aliphatic carbocycles. The van der Waals surface area contributed by atoms with Crippen LogP contribution in [0.15, 0.2) is 18.3 Å². The molecule has 1 aliphatic heterocycles. The van der Waals surface area contributed by atoms with Crippen LogP contribution in [0.5, 0.6) is 0 Å². The molecule has 0 saturated carbocycles. The fourth-order valence-corrected chi connectivity index (χ4v) is 1.86. The van der Waals surface area contributed by atoms with E-state index in [2.05, 4.69) is 4.98 Å². The van der Waals surface area contributed by atoms with Crippen molar-refractivity contribution in [1.82, 2.24) is 9.88 Å². The number of amides is 1. The maximum atomic E-state index is 12.5. The van der Waals surface area contributed by atoms with Crippen LogP contribution >= 0.6 is 0 Å². The van der Waals surface area contributed by atoms with E-state index in [0.717, 1.165) is 18.7 Å². The number of aromatic nitrogens is 1. The normalized spacial score (nSPS) is 16.8. The molecule has 98 valence electrons. The van der Waals surface area contributed by atoms with Crippen LogP contribution in [-0.2, 0) is 11.0 Å². The number of hydrogen-bond acceptors (Lipinski definition) is 3. The summed E-state index contributed by atoms with van der Waals surface area (Å²) in [5.41, 5.74) is -0.402. The molecule has 0 aromatic carbocycles. The highest BCUT2D eigenvalue weighted by atomic mass is 19.4. The molecule has 2 rings (SSSR count). The molecule has 7 heteroatoms. The maximum absolute atomic E-state index is 12.5. The molecular formula is C11H12F3N3O. The molecule has 0 radical (unpaired) electrons. The van der Waals surface area contributed by atoms with Crippen LogP contribution in [0, 0.1) is 0 Å². The van der Waals surface area contributed by atoms with Gasteiger partial charge in [0.15, 0.2) is 0 Å². The molecule has 1 aliphatic rings. The van der Waals surface area contributed by atoms with Crippen molar-refractivity contribution in [2.45, 2.75) is 6.18 Å². The van der Waals surface area contributed by atoms with Crippen molar-refractivity contribution in [2.75, 3.05) is 31.1 Å². The topological polar surface area (TPSA) is 36.4 Å². The lowest BCUT2D eigenvalue weighted by Gasteiger charge is -2.34. The van der Waals surface area contributed by atoms with Crippen LogP contribution in [0.1, 0.15) is 5.69 Å². The number of pyridine rings is 1. The third-order valence-corrected chi connectivity index (χ3v) is 2.86. The first kappa shape index (κ1) is 12.7. The van der Waals surface area contributed by atoms with E-state index in [0.29, 0.717) is 31.9 Å². The van der Waals surface area contributed by atoms with E-state index in [4.69, 9.17) is 0 Å². The fraction of sp³-hybridized carbons (Fsp3) is 0.455. The Bertz CT molecular complexity index is 428. The highest BCUT2D eigenvalue weighted by Crippen LogP contribution is 2.29. The summed E-state index contributed by atoms with van der Waals surface area (Å²) in [5, 5.41) is 0. The first-order chi connectivity index (χ1) is 8.50. The summed E-state index contributed by atoms with van der Waals surface area (Å²) in [4.78, 5) is 17.3. The number of nitrogens with zero attached hydrogens (tertiary/aromatic N) is 3. The SMILES string of the molecule is O=CN1CCN(c2ccnc(C(F)(F)F)c2)CC1. The molecule has 0 spiro atoms. The van der Waals surface area contributed by atoms with Gasteiger partial charge in [-0.3, -0.25) is 9.78 Å². The number of halogens is 3. The molecule has 18 heavy (non-hydrogen) atoms. The summed E-state index contributed by atoms with van der Waals surface area (Å²) in [6.07, 6.45) is -2.52. The average molecular weight is 259 g/mol. The third-order valence-electron chi connectivity index (χ3n) is 2.86. The zero-order chi connectivity index (χ0) is 13.2. The van der Waals surface area contributed by atoms with Gasteiger partial charge in [-0.1, -0.05) is 0 Å². The van der Waals surface area contributed by atoms with Crippen LogP contribution in [0.25, 0.3) is 0 Å². The summed E-state index contributed by atoms with van der Waals surface area (Å²) >= 11 is 0. The molecule has 1 amide bonds. The summed E-state index contributed by atoms with van der Waals surface area (Å²) in [6, 6.07) is 2.59. The Hall–Kier alpha value is -1.79. The molecule has 1 fully saturated rings. The van der Waals surface area contributed by atoms with Crippen LogP contribution in [0.2, 0.25) is 0 Å². The van der Waals surface area contributed by atoms with E-state index < -0.39 is 11.9 Å². The van der Waals surface area contributed by atoms with Gasteiger partial charge < -0.3 is 9.80 Å². The molecule has 1 aromatic heterocycles. The van der Waals surface area contributed by atoms with E-state index in [9.17, 15) is 18.0 Å². The number of piperazine rings is 1. The second kappa shape index (κ2) is 4.83. The average Bonchev–Trinajstić information content (AvgIpc) is 2.38. The number of carbonyl (C=O) groups is 1. The molecule has 4 nitrogen and oxygen atoms in total. The largest absolute Gasteiger partial charge is 0.433 e. The molecule has 0 unspecified atom stereocenters. The minimum atomic E-state index is -4.43. The summed E-state index contributed by atoms with van der Waals surface area (Å²) in [7, 11) is 0. The van der Waals surface area contributed by atoms with Gasteiger partial charge >= 0.3 is 6.18 Å². The highest BCUT2D eigenvalue weighted by molar-refractivity contribution is 5.51. The number of carbonyl (C=O) groups excluding carboxylic acids is 1. The molecule has 0 N–H and O–H groups in total. The molecule has 0 atom stereocenters. The molecular weight excluding hydrogens is 247 g/mol. The summed E-state index contributed by atoms with van der Waals surface area (Å²) < 4.78 is 37.5. The van der Waals surface area contributed by atoms with Crippen LogP contribution in [0.3, 0.4) is 0 Å². The summed E-state index contributed by atoms with van der Waals surface area (Å²) in [5.74, 6) is 0. The van der Waals surface area contributed by atoms with E-state index >= 15 is 0 Å². The first-order valence-corrected chi connectivity index (χ1v) is 5.48. The fourth-order valence-electron chi connectivity index (χ4n) is 1.86. The van der Waals surface area contributed by atoms with Gasteiger partial charge in [0.05, 0.1) is 0 Å². The highest BCUT2D eigenvalue weighted by Gasteiger charge is 2.33. The Morgan fingerprint density at radius 2 is 1.89 bits per heavy atom. The Labute approximate surface area is 102 Å². The van der Waals surface area contributed by atoms with Crippen molar-refractivity contribution in [3.8, 4) is 0 Å². The van der Waals surface area contributed by atoms with Gasteiger partial charge in [-0.05, 0) is 12.1 Å². The van der Waals surface area contributed by atoms with E-state index in [1.165, 1.54) is 0 Å². The van der Waals surface area contributed by atoms with Gasteiger partial charge in [0.2, 0.25) is 6.41 Å². The maximum Gasteiger partial charge on any atom is 0.433 e. The van der Waals surface area contributed by atoms with Crippen molar-refractivity contribution in [1.29, 1.82) is 0 Å². The number of alkyl halides is 3. The standard InChI is InChI=1S/C11H12F3N3O/c12-11(13,14)10-7-9(1-2-15-10)17-5-3-16(8-18)4-6-17/h1-2,7-8H,3-6H2. The van der Waals surface area contributed by atoms with E-state index in [-0.39, 0.29) is 0 Å². The van der Waals surface area contributed by atoms with Crippen molar-refractivity contribution >= 4 is 12.1 Å². The van der Waals surface area contributed by atoms with Crippen molar-refractivity contribution in [3.05, 3.63) is 24.0 Å². The monoisotopic (exact) mass is 259 g/mol. The Kier molecular flexibility index (Phi) is 3.40. The molecule has 2 heterocycles. The van der Waals surface area contributed by atoms with Gasteiger partial charge in [-0.15, -0.1) is 0 Å². The van der Waals surface area contributed by atoms with E-state index in [1.807, 2.05) is 4.90 Å². The predicted molar refractivity (Wildman–Crippen MR) is 59.1 cm³/mol. The quantitative estimate of drug-likeness (QED) is 0.753. The van der Waals surface area contributed by atoms with Crippen LogP contribution < -0.4 is 4.90 Å². The minimum absolute atomic E-state index is 0.489. The Morgan fingerprint density at radius 3 is 2.44 bits per heavy atom. The van der Waals surface area contributed by atoms with Crippen molar-refractivity contribution in [2.24, 2.45) is 0 Å². The Morgan fingerprint density at radius 1 is 1.22 bits per heavy atom. The predicted octanol–water partition coefficient (Wildman–Crippen LogP) is 1.38.